The van der Waals surface area contributed by atoms with Gasteiger partial charge in [-0.2, -0.15) is 18.3 Å². The van der Waals surface area contributed by atoms with Crippen LogP contribution in [-0.4, -0.2) is 34.8 Å². The molecule has 0 atom stereocenters. The number of H-pyrrole nitrogens is 1. The van der Waals surface area contributed by atoms with Gasteiger partial charge in [-0.3, -0.25) is 14.6 Å². The Morgan fingerprint density at radius 2 is 1.81 bits per heavy atom. The molecule has 168 valence electrons. The van der Waals surface area contributed by atoms with Crippen LogP contribution in [0.15, 0.2) is 42.5 Å². The predicted octanol–water partition coefficient (Wildman–Crippen LogP) is 3.24. The molecule has 2 aromatic heterocycles. The average molecular weight is 466 g/mol. The molecule has 1 aliphatic rings. The molecule has 0 radical (unpaired) electrons. The fourth-order valence-corrected chi connectivity index (χ4v) is 4.38. The number of hydrogen-bond donors (Lipinski definition) is 4. The molecule has 1 fully saturated rings. The number of nitrogens with two attached hydrogens (primary N) is 1. The Morgan fingerprint density at radius 3 is 2.41 bits per heavy atom. The van der Waals surface area contributed by atoms with Crippen molar-refractivity contribution in [3.05, 3.63) is 53.7 Å². The molecular weight excluding hydrogens is 449 g/mol. The van der Waals surface area contributed by atoms with E-state index in [4.69, 9.17) is 5.73 Å². The molecule has 1 amide bonds. The minimum Gasteiger partial charge on any atom is -0.365 e. The summed E-state index contributed by atoms with van der Waals surface area (Å²) in [6.07, 6.45) is -3.38. The van der Waals surface area contributed by atoms with E-state index in [9.17, 15) is 26.4 Å². The number of primary amides is 1. The van der Waals surface area contributed by atoms with E-state index in [1.54, 1.807) is 12.1 Å². The van der Waals surface area contributed by atoms with Gasteiger partial charge in [0.15, 0.2) is 0 Å². The van der Waals surface area contributed by atoms with Crippen LogP contribution in [0.2, 0.25) is 0 Å². The first-order valence-corrected chi connectivity index (χ1v) is 10.9. The van der Waals surface area contributed by atoms with E-state index in [1.165, 1.54) is 24.3 Å². The van der Waals surface area contributed by atoms with Crippen molar-refractivity contribution in [1.29, 1.82) is 0 Å². The molecular formula is C19H17F3N6O3S. The molecule has 0 saturated heterocycles. The molecule has 5 N–H and O–H groups in total. The largest absolute Gasteiger partial charge is 0.433 e. The Bertz CT molecular complexity index is 1270. The minimum atomic E-state index is -4.63. The quantitative estimate of drug-likeness (QED) is 0.421. The number of pyridine rings is 1. The molecule has 0 spiro atoms. The molecule has 0 bridgehead atoms. The topological polar surface area (TPSA) is 143 Å². The molecule has 1 aromatic carbocycles. The lowest BCUT2D eigenvalue weighted by atomic mass is 10.1. The number of amides is 1. The first-order chi connectivity index (χ1) is 15.0. The summed E-state index contributed by atoms with van der Waals surface area (Å²) in [6.45, 7) is 0. The summed E-state index contributed by atoms with van der Waals surface area (Å²) in [6, 6.07) is 9.38. The summed E-state index contributed by atoms with van der Waals surface area (Å²) in [5.41, 5.74) is 5.21. The number of anilines is 3. The fraction of sp³-hybridized carbons (Fsp3) is 0.211. The number of nitrogens with one attached hydrogen (secondary N) is 3. The molecule has 1 saturated carbocycles. The lowest BCUT2D eigenvalue weighted by Gasteiger charge is -2.09. The lowest BCUT2D eigenvalue weighted by molar-refractivity contribution is -0.141. The minimum absolute atomic E-state index is 0.0298. The second-order valence-electron chi connectivity index (χ2n) is 7.14. The number of carbonyl (C=O) groups is 1. The second-order valence-corrected chi connectivity index (χ2v) is 9.10. The van der Waals surface area contributed by atoms with Crippen molar-refractivity contribution in [2.75, 3.05) is 10.0 Å². The number of aromatic nitrogens is 3. The van der Waals surface area contributed by atoms with Crippen molar-refractivity contribution in [2.24, 2.45) is 5.73 Å². The first kappa shape index (κ1) is 21.6. The number of alkyl halides is 3. The number of benzene rings is 1. The monoisotopic (exact) mass is 466 g/mol. The summed E-state index contributed by atoms with van der Waals surface area (Å²) in [4.78, 5) is 15.5. The van der Waals surface area contributed by atoms with E-state index < -0.39 is 27.8 Å². The molecule has 3 aromatic rings. The Hall–Kier alpha value is -3.61. The predicted molar refractivity (Wildman–Crippen MR) is 111 cm³/mol. The van der Waals surface area contributed by atoms with Crippen molar-refractivity contribution < 1.29 is 26.4 Å². The van der Waals surface area contributed by atoms with Crippen LogP contribution in [0.4, 0.5) is 30.5 Å². The van der Waals surface area contributed by atoms with Crippen LogP contribution in [-0.2, 0) is 16.2 Å². The normalized spacial score (nSPS) is 14.2. The summed E-state index contributed by atoms with van der Waals surface area (Å²) < 4.78 is 65.3. The van der Waals surface area contributed by atoms with Gasteiger partial charge in [-0.1, -0.05) is 18.2 Å². The van der Waals surface area contributed by atoms with Gasteiger partial charge in [-0.25, -0.2) is 13.4 Å². The number of nitrogens with zero attached hydrogens (tertiary/aromatic N) is 2. The van der Waals surface area contributed by atoms with Crippen LogP contribution < -0.4 is 15.8 Å². The lowest BCUT2D eigenvalue weighted by Crippen LogP contribution is -2.17. The van der Waals surface area contributed by atoms with Crippen LogP contribution in [0, 0.1) is 0 Å². The average Bonchev–Trinajstić information content (AvgIpc) is 3.50. The van der Waals surface area contributed by atoms with E-state index in [-0.39, 0.29) is 28.1 Å². The number of sulfonamides is 1. The zero-order valence-electron chi connectivity index (χ0n) is 16.3. The summed E-state index contributed by atoms with van der Waals surface area (Å²) in [7, 11) is -3.43. The zero-order valence-corrected chi connectivity index (χ0v) is 17.1. The van der Waals surface area contributed by atoms with Gasteiger partial charge in [0.05, 0.1) is 5.25 Å². The summed E-state index contributed by atoms with van der Waals surface area (Å²) in [5.74, 6) is -1.07. The van der Waals surface area contributed by atoms with Crippen molar-refractivity contribution in [3.63, 3.8) is 0 Å². The molecule has 13 heteroatoms. The Balaban J connectivity index is 1.60. The molecule has 0 unspecified atom stereocenters. The SMILES string of the molecule is NC(=O)c1c(-c2ccc(NS(=O)(=O)C3CC3)cc2)n[nH]c1Nc1cccc(C(F)(F)F)n1. The third-order valence-corrected chi connectivity index (χ3v) is 6.56. The number of rotatable bonds is 7. The second kappa shape index (κ2) is 7.82. The van der Waals surface area contributed by atoms with Crippen molar-refractivity contribution in [1.82, 2.24) is 15.2 Å². The highest BCUT2D eigenvalue weighted by Gasteiger charge is 2.35. The van der Waals surface area contributed by atoms with Crippen molar-refractivity contribution in [2.45, 2.75) is 24.3 Å². The van der Waals surface area contributed by atoms with E-state index >= 15 is 0 Å². The zero-order chi connectivity index (χ0) is 23.1. The van der Waals surface area contributed by atoms with Crippen LogP contribution in [0.25, 0.3) is 11.3 Å². The molecule has 1 aliphatic carbocycles. The molecule has 2 heterocycles. The summed E-state index contributed by atoms with van der Waals surface area (Å²) in [5, 5.41) is 8.80. The van der Waals surface area contributed by atoms with Gasteiger partial charge < -0.3 is 11.1 Å². The third kappa shape index (κ3) is 4.51. The Morgan fingerprint density at radius 1 is 1.12 bits per heavy atom. The van der Waals surface area contributed by atoms with E-state index in [0.29, 0.717) is 24.1 Å². The van der Waals surface area contributed by atoms with Gasteiger partial charge in [-0.05, 0) is 37.1 Å². The molecule has 9 nitrogen and oxygen atoms in total. The number of carbonyl (C=O) groups excluding carboxylic acids is 1. The maximum absolute atomic E-state index is 12.9. The van der Waals surface area contributed by atoms with Gasteiger partial charge in [-0.15, -0.1) is 0 Å². The van der Waals surface area contributed by atoms with E-state index in [0.717, 1.165) is 6.07 Å². The van der Waals surface area contributed by atoms with Gasteiger partial charge in [0, 0.05) is 11.3 Å². The van der Waals surface area contributed by atoms with Crippen LogP contribution in [0.3, 0.4) is 0 Å². The van der Waals surface area contributed by atoms with Crippen molar-refractivity contribution in [3.8, 4) is 11.3 Å². The van der Waals surface area contributed by atoms with Crippen LogP contribution >= 0.6 is 0 Å². The number of halogens is 3. The standard InChI is InChI=1S/C19H17F3N6O3S/c20-19(21,22)13-2-1-3-14(24-13)25-18-15(17(23)29)16(26-27-18)10-4-6-11(7-5-10)28-32(30,31)12-8-9-12/h1-7,12,28H,8-9H2,(H2,23,29)(H2,24,25,26,27). The smallest absolute Gasteiger partial charge is 0.365 e. The Labute approximate surface area is 180 Å². The van der Waals surface area contributed by atoms with Gasteiger partial charge >= 0.3 is 6.18 Å². The summed E-state index contributed by atoms with van der Waals surface area (Å²) >= 11 is 0. The van der Waals surface area contributed by atoms with Crippen LogP contribution in [0.5, 0.6) is 0 Å². The first-order valence-electron chi connectivity index (χ1n) is 9.36. The number of hydrogen-bond acceptors (Lipinski definition) is 6. The fourth-order valence-electron chi connectivity index (χ4n) is 2.99. The van der Waals surface area contributed by atoms with Crippen LogP contribution in [0.1, 0.15) is 28.9 Å². The maximum atomic E-state index is 12.9. The highest BCUT2D eigenvalue weighted by molar-refractivity contribution is 7.93. The molecule has 32 heavy (non-hydrogen) atoms. The van der Waals surface area contributed by atoms with Gasteiger partial charge in [0.25, 0.3) is 5.91 Å². The Kier molecular flexibility index (Phi) is 5.28. The highest BCUT2D eigenvalue weighted by atomic mass is 32.2. The number of aromatic amines is 1. The van der Waals surface area contributed by atoms with E-state index in [2.05, 4.69) is 25.2 Å². The maximum Gasteiger partial charge on any atom is 0.433 e. The van der Waals surface area contributed by atoms with Gasteiger partial charge in [0.2, 0.25) is 10.0 Å². The van der Waals surface area contributed by atoms with E-state index in [1.807, 2.05) is 0 Å². The molecule has 4 rings (SSSR count). The molecule has 0 aliphatic heterocycles. The van der Waals surface area contributed by atoms with Gasteiger partial charge in [0.1, 0.15) is 28.6 Å². The van der Waals surface area contributed by atoms with Crippen molar-refractivity contribution >= 4 is 33.3 Å². The highest BCUT2D eigenvalue weighted by Crippen LogP contribution is 2.33. The third-order valence-electron chi connectivity index (χ3n) is 4.69.